The first-order valence-electron chi connectivity index (χ1n) is 10.7. The number of phenols is 1. The third-order valence-electron chi connectivity index (χ3n) is 5.90. The average molecular weight is 472 g/mol. The number of nitrogens with one attached hydrogen (secondary N) is 1. The fourth-order valence-corrected chi connectivity index (χ4v) is 4.64. The van der Waals surface area contributed by atoms with Gasteiger partial charge in [0.2, 0.25) is 0 Å². The van der Waals surface area contributed by atoms with Crippen LogP contribution in [0.25, 0.3) is 11.3 Å². The molecule has 0 spiro atoms. The lowest BCUT2D eigenvalue weighted by molar-refractivity contribution is 0.0696. The highest BCUT2D eigenvalue weighted by molar-refractivity contribution is 7.80. The van der Waals surface area contributed by atoms with E-state index in [0.29, 0.717) is 22.3 Å². The summed E-state index contributed by atoms with van der Waals surface area (Å²) in [4.78, 5) is 17.7. The molecule has 2 atom stereocenters. The molecule has 3 heterocycles. The van der Waals surface area contributed by atoms with E-state index in [9.17, 15) is 15.0 Å². The van der Waals surface area contributed by atoms with Gasteiger partial charge in [0.25, 0.3) is 0 Å². The van der Waals surface area contributed by atoms with Gasteiger partial charge in [0, 0.05) is 11.8 Å². The molecule has 0 aliphatic carbocycles. The molecule has 2 aromatic carbocycles. The third-order valence-corrected chi connectivity index (χ3v) is 6.21. The SMILES string of the molecule is Cc1cc(C(=O)O)ccc1-c1ccc([C@@H]2[C@@H](c3ccccn3)NC(=S)N2c2ccccc2O)o1. The van der Waals surface area contributed by atoms with E-state index in [1.54, 1.807) is 42.6 Å². The molecule has 0 saturated carbocycles. The summed E-state index contributed by atoms with van der Waals surface area (Å²) in [5.74, 6) is 0.365. The second kappa shape index (κ2) is 8.64. The molecule has 2 aromatic heterocycles. The molecule has 7 nitrogen and oxygen atoms in total. The van der Waals surface area contributed by atoms with Gasteiger partial charge >= 0.3 is 5.97 Å². The standard InChI is InChI=1S/C26H21N3O4S/c1-15-14-16(25(31)32)9-10-17(15)21-11-12-22(33-21)24-23(18-6-4-5-13-27-18)28-26(34)29(24)19-7-2-3-8-20(19)30/h2-14,23-24,30H,1H3,(H,28,34)(H,31,32)/t23-,24-/m1/s1. The maximum absolute atomic E-state index is 11.3. The number of carbonyl (C=O) groups is 1. The molecular formula is C26H21N3O4S. The van der Waals surface area contributed by atoms with Gasteiger partial charge in [-0.25, -0.2) is 4.79 Å². The molecule has 0 unspecified atom stereocenters. The molecule has 3 N–H and O–H groups in total. The van der Waals surface area contributed by atoms with Crippen LogP contribution >= 0.6 is 12.2 Å². The Kier molecular flexibility index (Phi) is 5.51. The number of carboxylic acid groups (broad SMARTS) is 1. The molecule has 4 aromatic rings. The van der Waals surface area contributed by atoms with Crippen molar-refractivity contribution in [3.63, 3.8) is 0 Å². The Morgan fingerprint density at radius 3 is 2.59 bits per heavy atom. The lowest BCUT2D eigenvalue weighted by atomic mass is 10.0. The maximum Gasteiger partial charge on any atom is 0.335 e. The predicted octanol–water partition coefficient (Wildman–Crippen LogP) is 5.23. The van der Waals surface area contributed by atoms with E-state index in [2.05, 4.69) is 10.3 Å². The summed E-state index contributed by atoms with van der Waals surface area (Å²) < 4.78 is 6.33. The second-order valence-electron chi connectivity index (χ2n) is 8.02. The largest absolute Gasteiger partial charge is 0.506 e. The topological polar surface area (TPSA) is 98.8 Å². The Morgan fingerprint density at radius 1 is 1.09 bits per heavy atom. The van der Waals surface area contributed by atoms with E-state index >= 15 is 0 Å². The number of carboxylic acids is 1. The van der Waals surface area contributed by atoms with E-state index in [1.807, 2.05) is 48.2 Å². The Morgan fingerprint density at radius 2 is 1.88 bits per heavy atom. The molecule has 1 saturated heterocycles. The van der Waals surface area contributed by atoms with Crippen molar-refractivity contribution in [1.29, 1.82) is 0 Å². The van der Waals surface area contributed by atoms with Crippen LogP contribution < -0.4 is 10.2 Å². The highest BCUT2D eigenvalue weighted by Crippen LogP contribution is 2.45. The van der Waals surface area contributed by atoms with Crippen molar-refractivity contribution in [2.24, 2.45) is 0 Å². The maximum atomic E-state index is 11.3. The van der Waals surface area contributed by atoms with Crippen LogP contribution in [-0.4, -0.2) is 26.3 Å². The Bertz CT molecular complexity index is 1390. The quantitative estimate of drug-likeness (QED) is 0.340. The lowest BCUT2D eigenvalue weighted by Gasteiger charge is -2.26. The molecule has 0 radical (unpaired) electrons. The minimum Gasteiger partial charge on any atom is -0.506 e. The number of anilines is 1. The molecule has 0 amide bonds. The molecule has 0 bridgehead atoms. The van der Waals surface area contributed by atoms with Gasteiger partial charge in [-0.15, -0.1) is 0 Å². The predicted molar refractivity (Wildman–Crippen MR) is 132 cm³/mol. The monoisotopic (exact) mass is 471 g/mol. The minimum absolute atomic E-state index is 0.102. The first-order chi connectivity index (χ1) is 16.4. The molecule has 1 aliphatic heterocycles. The number of hydrogen-bond acceptors (Lipinski definition) is 5. The average Bonchev–Trinajstić information content (AvgIpc) is 3.44. The molecular weight excluding hydrogens is 450 g/mol. The van der Waals surface area contributed by atoms with Crippen molar-refractivity contribution >= 4 is 29.0 Å². The van der Waals surface area contributed by atoms with Gasteiger partial charge in [0.15, 0.2) is 5.11 Å². The number of phenolic OH excluding ortho intramolecular Hbond substituents is 1. The number of para-hydroxylation sites is 2. The molecule has 5 rings (SSSR count). The number of benzene rings is 2. The summed E-state index contributed by atoms with van der Waals surface area (Å²) in [5, 5.41) is 23.6. The van der Waals surface area contributed by atoms with Crippen LogP contribution in [-0.2, 0) is 0 Å². The summed E-state index contributed by atoms with van der Waals surface area (Å²) in [5.41, 5.74) is 3.16. The fourth-order valence-electron chi connectivity index (χ4n) is 4.30. The fraction of sp³-hybridized carbons (Fsp3) is 0.115. The summed E-state index contributed by atoms with van der Waals surface area (Å²) in [6, 6.07) is 20.6. The number of aromatic hydroxyl groups is 1. The van der Waals surface area contributed by atoms with E-state index in [1.165, 1.54) is 0 Å². The zero-order valence-electron chi connectivity index (χ0n) is 18.2. The third kappa shape index (κ3) is 3.78. The Labute approximate surface area is 201 Å². The van der Waals surface area contributed by atoms with Crippen LogP contribution in [0.3, 0.4) is 0 Å². The van der Waals surface area contributed by atoms with Crippen LogP contribution in [0, 0.1) is 6.92 Å². The highest BCUT2D eigenvalue weighted by atomic mass is 32.1. The number of pyridine rings is 1. The summed E-state index contributed by atoms with van der Waals surface area (Å²) in [6.07, 6.45) is 1.72. The van der Waals surface area contributed by atoms with Crippen molar-refractivity contribution in [2.45, 2.75) is 19.0 Å². The van der Waals surface area contributed by atoms with Crippen molar-refractivity contribution in [3.8, 4) is 17.1 Å². The summed E-state index contributed by atoms with van der Waals surface area (Å²) in [6.45, 7) is 1.85. The van der Waals surface area contributed by atoms with Crippen molar-refractivity contribution in [1.82, 2.24) is 10.3 Å². The first-order valence-corrected chi connectivity index (χ1v) is 11.1. The van der Waals surface area contributed by atoms with Crippen LogP contribution in [0.5, 0.6) is 5.75 Å². The molecule has 34 heavy (non-hydrogen) atoms. The molecule has 1 fully saturated rings. The van der Waals surface area contributed by atoms with Crippen LogP contribution in [0.2, 0.25) is 0 Å². The van der Waals surface area contributed by atoms with Gasteiger partial charge in [0.1, 0.15) is 23.3 Å². The van der Waals surface area contributed by atoms with Gasteiger partial charge in [-0.05, 0) is 73.2 Å². The van der Waals surface area contributed by atoms with Gasteiger partial charge in [0.05, 0.1) is 23.0 Å². The number of hydrogen-bond donors (Lipinski definition) is 3. The van der Waals surface area contributed by atoms with Gasteiger partial charge in [-0.1, -0.05) is 24.3 Å². The van der Waals surface area contributed by atoms with Crippen molar-refractivity contribution in [2.75, 3.05) is 4.90 Å². The van der Waals surface area contributed by atoms with Gasteiger partial charge in [-0.3, -0.25) is 4.98 Å². The van der Waals surface area contributed by atoms with Gasteiger partial charge < -0.3 is 24.8 Å². The minimum atomic E-state index is -0.975. The summed E-state index contributed by atoms with van der Waals surface area (Å²) in [7, 11) is 0. The number of rotatable bonds is 5. The number of furan rings is 1. The van der Waals surface area contributed by atoms with E-state index in [-0.39, 0.29) is 17.4 Å². The van der Waals surface area contributed by atoms with Crippen LogP contribution in [0.4, 0.5) is 5.69 Å². The Balaban J connectivity index is 1.60. The number of nitrogens with zero attached hydrogens (tertiary/aromatic N) is 2. The number of aromatic carboxylic acids is 1. The number of aromatic nitrogens is 1. The van der Waals surface area contributed by atoms with Crippen molar-refractivity contribution < 1.29 is 19.4 Å². The number of aryl methyl sites for hydroxylation is 1. The zero-order valence-corrected chi connectivity index (χ0v) is 19.0. The van der Waals surface area contributed by atoms with Crippen molar-refractivity contribution in [3.05, 3.63) is 102 Å². The lowest BCUT2D eigenvalue weighted by Crippen LogP contribution is -2.29. The second-order valence-corrected chi connectivity index (χ2v) is 8.41. The number of thiocarbonyl (C=S) groups is 1. The Hall–Kier alpha value is -4.17. The molecule has 8 heteroatoms. The van der Waals surface area contributed by atoms with Crippen LogP contribution in [0.15, 0.2) is 83.4 Å². The summed E-state index contributed by atoms with van der Waals surface area (Å²) >= 11 is 5.67. The van der Waals surface area contributed by atoms with E-state index in [4.69, 9.17) is 16.6 Å². The highest BCUT2D eigenvalue weighted by Gasteiger charge is 2.43. The molecule has 1 aliphatic rings. The smallest absolute Gasteiger partial charge is 0.335 e. The van der Waals surface area contributed by atoms with Gasteiger partial charge in [-0.2, -0.15) is 0 Å². The zero-order chi connectivity index (χ0) is 23.8. The van der Waals surface area contributed by atoms with E-state index in [0.717, 1.165) is 16.8 Å². The first kappa shape index (κ1) is 21.7. The normalized spacial score (nSPS) is 17.6. The van der Waals surface area contributed by atoms with E-state index < -0.39 is 12.0 Å². The van der Waals surface area contributed by atoms with Crippen LogP contribution in [0.1, 0.15) is 39.5 Å². The molecule has 170 valence electrons.